The largest absolute Gasteiger partial charge is 0.478 e. The molecule has 0 aromatic heterocycles. The molecule has 0 radical (unpaired) electrons. The van der Waals surface area contributed by atoms with Gasteiger partial charge >= 0.3 is 12.0 Å². The number of carboxylic acids is 1. The van der Waals surface area contributed by atoms with Crippen molar-refractivity contribution in [1.82, 2.24) is 10.2 Å². The Hall–Kier alpha value is -2.04. The molecule has 2 rings (SSSR count). The number of carboxylic acid groups (broad SMARTS) is 1. The number of rotatable bonds is 4. The van der Waals surface area contributed by atoms with Gasteiger partial charge in [0.25, 0.3) is 0 Å². The minimum Gasteiger partial charge on any atom is -0.478 e. The molecule has 0 heterocycles. The van der Waals surface area contributed by atoms with Crippen LogP contribution in [0.4, 0.5) is 4.79 Å². The van der Waals surface area contributed by atoms with Crippen LogP contribution in [0.3, 0.4) is 0 Å². The first-order valence-electron chi connectivity index (χ1n) is 5.90. The molecule has 1 aliphatic rings. The molecule has 0 saturated heterocycles. The van der Waals surface area contributed by atoms with Crippen LogP contribution in [0.25, 0.3) is 0 Å². The molecule has 0 spiro atoms. The van der Waals surface area contributed by atoms with Crippen molar-refractivity contribution in [3.63, 3.8) is 0 Å². The fourth-order valence-corrected chi connectivity index (χ4v) is 1.61. The van der Waals surface area contributed by atoms with Crippen LogP contribution in [-0.4, -0.2) is 35.1 Å². The van der Waals surface area contributed by atoms with Gasteiger partial charge in [0, 0.05) is 19.6 Å². The number of hydrogen-bond acceptors (Lipinski definition) is 2. The maximum Gasteiger partial charge on any atom is 0.335 e. The molecule has 0 bridgehead atoms. The van der Waals surface area contributed by atoms with E-state index in [1.807, 2.05) is 0 Å². The Bertz CT molecular complexity index is 452. The molecule has 2 N–H and O–H groups in total. The van der Waals surface area contributed by atoms with Crippen molar-refractivity contribution in [2.75, 3.05) is 7.05 Å². The molecule has 2 amide bonds. The molecule has 0 unspecified atom stereocenters. The number of urea groups is 1. The van der Waals surface area contributed by atoms with Crippen LogP contribution >= 0.6 is 0 Å². The molecule has 96 valence electrons. The number of aromatic carboxylic acids is 1. The summed E-state index contributed by atoms with van der Waals surface area (Å²) in [5.41, 5.74) is 1.16. The highest BCUT2D eigenvalue weighted by molar-refractivity contribution is 5.87. The fraction of sp³-hybridized carbons (Fsp3) is 0.385. The summed E-state index contributed by atoms with van der Waals surface area (Å²) in [6, 6.07) is 6.80. The standard InChI is InChI=1S/C13H16N2O3/c1-15(13(18)14-11-6-7-11)8-9-2-4-10(5-3-9)12(16)17/h2-5,11H,6-8H2,1H3,(H,14,18)(H,16,17). The molecule has 1 aromatic carbocycles. The average Bonchev–Trinajstić information content (AvgIpc) is 3.13. The van der Waals surface area contributed by atoms with Gasteiger partial charge in [-0.2, -0.15) is 0 Å². The summed E-state index contributed by atoms with van der Waals surface area (Å²) in [6.45, 7) is 0.471. The van der Waals surface area contributed by atoms with E-state index in [2.05, 4.69) is 5.32 Å². The Kier molecular flexibility index (Phi) is 3.50. The van der Waals surface area contributed by atoms with E-state index in [4.69, 9.17) is 5.11 Å². The number of carbonyl (C=O) groups excluding carboxylic acids is 1. The van der Waals surface area contributed by atoms with Crippen LogP contribution < -0.4 is 5.32 Å². The molecule has 5 heteroatoms. The van der Waals surface area contributed by atoms with Crippen LogP contribution in [0.15, 0.2) is 24.3 Å². The van der Waals surface area contributed by atoms with Crippen LogP contribution in [0, 0.1) is 0 Å². The summed E-state index contributed by atoms with van der Waals surface area (Å²) < 4.78 is 0. The second-order valence-corrected chi connectivity index (χ2v) is 4.58. The zero-order valence-corrected chi connectivity index (χ0v) is 10.2. The second-order valence-electron chi connectivity index (χ2n) is 4.58. The molecule has 1 fully saturated rings. The molecule has 0 aliphatic heterocycles. The van der Waals surface area contributed by atoms with Gasteiger partial charge in [-0.1, -0.05) is 12.1 Å². The number of nitrogens with zero attached hydrogens (tertiary/aromatic N) is 1. The maximum atomic E-state index is 11.7. The molecule has 1 aromatic rings. The molecule has 0 atom stereocenters. The Balaban J connectivity index is 1.91. The summed E-state index contributed by atoms with van der Waals surface area (Å²) in [4.78, 5) is 24.0. The van der Waals surface area contributed by atoms with Gasteiger partial charge in [0.15, 0.2) is 0 Å². The summed E-state index contributed by atoms with van der Waals surface area (Å²) in [5, 5.41) is 11.7. The summed E-state index contributed by atoms with van der Waals surface area (Å²) >= 11 is 0. The molecule has 1 aliphatic carbocycles. The zero-order chi connectivity index (χ0) is 13.1. The van der Waals surface area contributed by atoms with Crippen LogP contribution in [0.2, 0.25) is 0 Å². The minimum atomic E-state index is -0.943. The van der Waals surface area contributed by atoms with Crippen LogP contribution in [-0.2, 0) is 6.54 Å². The third-order valence-corrected chi connectivity index (χ3v) is 2.87. The van der Waals surface area contributed by atoms with E-state index in [9.17, 15) is 9.59 Å². The van der Waals surface area contributed by atoms with E-state index in [1.165, 1.54) is 0 Å². The van der Waals surface area contributed by atoms with E-state index in [0.29, 0.717) is 12.6 Å². The van der Waals surface area contributed by atoms with E-state index >= 15 is 0 Å². The molecule has 18 heavy (non-hydrogen) atoms. The van der Waals surface area contributed by atoms with E-state index in [0.717, 1.165) is 18.4 Å². The van der Waals surface area contributed by atoms with Crippen molar-refractivity contribution < 1.29 is 14.7 Å². The predicted octanol–water partition coefficient (Wildman–Crippen LogP) is 1.69. The van der Waals surface area contributed by atoms with E-state index in [-0.39, 0.29) is 11.6 Å². The first-order chi connectivity index (χ1) is 8.56. The second kappa shape index (κ2) is 5.08. The number of carbonyl (C=O) groups is 2. The first-order valence-corrected chi connectivity index (χ1v) is 5.90. The van der Waals surface area contributed by atoms with Crippen LogP contribution in [0.1, 0.15) is 28.8 Å². The normalized spacial score (nSPS) is 14.1. The lowest BCUT2D eigenvalue weighted by Crippen LogP contribution is -2.37. The lowest BCUT2D eigenvalue weighted by Gasteiger charge is -2.17. The zero-order valence-electron chi connectivity index (χ0n) is 10.2. The van der Waals surface area contributed by atoms with E-state index < -0.39 is 5.97 Å². The van der Waals surface area contributed by atoms with Crippen molar-refractivity contribution in [3.05, 3.63) is 35.4 Å². The van der Waals surface area contributed by atoms with Gasteiger partial charge in [0.1, 0.15) is 0 Å². The highest BCUT2D eigenvalue weighted by atomic mass is 16.4. The van der Waals surface area contributed by atoms with Gasteiger partial charge in [-0.3, -0.25) is 0 Å². The summed E-state index contributed by atoms with van der Waals surface area (Å²) in [7, 11) is 1.73. The monoisotopic (exact) mass is 248 g/mol. The Morgan fingerprint density at radius 3 is 2.44 bits per heavy atom. The van der Waals surface area contributed by atoms with Crippen LogP contribution in [0.5, 0.6) is 0 Å². The van der Waals surface area contributed by atoms with Gasteiger partial charge in [-0.15, -0.1) is 0 Å². The number of benzene rings is 1. The summed E-state index contributed by atoms with van der Waals surface area (Å²) in [5.74, 6) is -0.943. The SMILES string of the molecule is CN(Cc1ccc(C(=O)O)cc1)C(=O)NC1CC1. The maximum absolute atomic E-state index is 11.7. The quantitative estimate of drug-likeness (QED) is 0.851. The van der Waals surface area contributed by atoms with E-state index in [1.54, 1.807) is 36.2 Å². The van der Waals surface area contributed by atoms with Crippen molar-refractivity contribution in [1.29, 1.82) is 0 Å². The average molecular weight is 248 g/mol. The third kappa shape index (κ3) is 3.23. The number of amides is 2. The van der Waals surface area contributed by atoms with Crippen molar-refractivity contribution >= 4 is 12.0 Å². The van der Waals surface area contributed by atoms with Crippen molar-refractivity contribution in [2.24, 2.45) is 0 Å². The fourth-order valence-electron chi connectivity index (χ4n) is 1.61. The molecule has 1 saturated carbocycles. The lowest BCUT2D eigenvalue weighted by molar-refractivity contribution is 0.0697. The van der Waals surface area contributed by atoms with Gasteiger partial charge in [-0.05, 0) is 30.5 Å². The Labute approximate surface area is 105 Å². The number of hydrogen-bond donors (Lipinski definition) is 2. The molecular formula is C13H16N2O3. The first kappa shape index (κ1) is 12.4. The van der Waals surface area contributed by atoms with Gasteiger partial charge < -0.3 is 15.3 Å². The highest BCUT2D eigenvalue weighted by Crippen LogP contribution is 2.19. The Morgan fingerprint density at radius 2 is 1.94 bits per heavy atom. The number of nitrogens with one attached hydrogen (secondary N) is 1. The predicted molar refractivity (Wildman–Crippen MR) is 66.4 cm³/mol. The summed E-state index contributed by atoms with van der Waals surface area (Å²) in [6.07, 6.45) is 2.12. The topological polar surface area (TPSA) is 69.6 Å². The van der Waals surface area contributed by atoms with Gasteiger partial charge in [0.2, 0.25) is 0 Å². The lowest BCUT2D eigenvalue weighted by atomic mass is 10.1. The third-order valence-electron chi connectivity index (χ3n) is 2.87. The van der Waals surface area contributed by atoms with Crippen molar-refractivity contribution in [3.8, 4) is 0 Å². The molecule has 5 nitrogen and oxygen atoms in total. The highest BCUT2D eigenvalue weighted by Gasteiger charge is 2.24. The van der Waals surface area contributed by atoms with Crippen molar-refractivity contribution in [2.45, 2.75) is 25.4 Å². The minimum absolute atomic E-state index is 0.0835. The van der Waals surface area contributed by atoms with Gasteiger partial charge in [-0.25, -0.2) is 9.59 Å². The van der Waals surface area contributed by atoms with Gasteiger partial charge in [0.05, 0.1) is 5.56 Å². The Morgan fingerprint density at radius 1 is 1.33 bits per heavy atom. The smallest absolute Gasteiger partial charge is 0.335 e. The molecular weight excluding hydrogens is 232 g/mol.